The number of benzene rings is 1. The highest BCUT2D eigenvalue weighted by atomic mass is 79.9. The van der Waals surface area contributed by atoms with Crippen molar-refractivity contribution in [1.29, 1.82) is 0 Å². The van der Waals surface area contributed by atoms with Crippen LogP contribution >= 0.6 is 27.5 Å². The number of hydrogen-bond donors (Lipinski definition) is 1. The van der Waals surface area contributed by atoms with Crippen molar-refractivity contribution in [1.82, 2.24) is 9.59 Å². The van der Waals surface area contributed by atoms with Gasteiger partial charge in [0.1, 0.15) is 23.1 Å². The van der Waals surface area contributed by atoms with E-state index in [-0.39, 0.29) is 12.3 Å². The summed E-state index contributed by atoms with van der Waals surface area (Å²) in [5.41, 5.74) is 0.629. The van der Waals surface area contributed by atoms with Crippen LogP contribution in [0.1, 0.15) is 5.69 Å². The molecule has 0 atom stereocenters. The largest absolute Gasteiger partial charge is 0.487 e. The fourth-order valence-corrected chi connectivity index (χ4v) is 2.36. The number of nitrogens with one attached hydrogen (secondary N) is 1. The van der Waals surface area contributed by atoms with Crippen LogP contribution in [-0.4, -0.2) is 21.6 Å². The van der Waals surface area contributed by atoms with Crippen LogP contribution in [-0.2, 0) is 6.61 Å². The van der Waals surface area contributed by atoms with Gasteiger partial charge in [-0.25, -0.2) is 0 Å². The Kier molecular flexibility index (Phi) is 4.27. The highest BCUT2D eigenvalue weighted by Gasteiger charge is 2.11. The standard InChI is InChI=1S/C10H9BrN4O3S/c1-12-10-9(13-14-19-10)5-18-8-3-6(11)2-7(4-8)15(16)17/h2-4,12H,5H2,1H3. The smallest absolute Gasteiger partial charge is 0.274 e. The molecule has 0 fully saturated rings. The van der Waals surface area contributed by atoms with Gasteiger partial charge in [0.2, 0.25) is 0 Å². The van der Waals surface area contributed by atoms with Gasteiger partial charge in [-0.05, 0) is 6.07 Å². The summed E-state index contributed by atoms with van der Waals surface area (Å²) in [4.78, 5) is 10.3. The summed E-state index contributed by atoms with van der Waals surface area (Å²) in [6.45, 7) is 0.195. The first kappa shape index (κ1) is 13.7. The molecule has 0 bridgehead atoms. The van der Waals surface area contributed by atoms with E-state index in [0.29, 0.717) is 15.9 Å². The number of ether oxygens (including phenoxy) is 1. The average molecular weight is 345 g/mol. The number of non-ortho nitro benzene ring substituents is 1. The van der Waals surface area contributed by atoms with Crippen LogP contribution in [0.2, 0.25) is 0 Å². The Hall–Kier alpha value is -1.74. The first-order valence-electron chi connectivity index (χ1n) is 5.17. The van der Waals surface area contributed by atoms with Crippen LogP contribution in [0.25, 0.3) is 0 Å². The topological polar surface area (TPSA) is 90.2 Å². The van der Waals surface area contributed by atoms with E-state index in [2.05, 4.69) is 30.8 Å². The summed E-state index contributed by atoms with van der Waals surface area (Å²) < 4.78 is 9.88. The molecule has 1 N–H and O–H groups in total. The lowest BCUT2D eigenvalue weighted by atomic mass is 10.3. The third-order valence-corrected chi connectivity index (χ3v) is 3.47. The first-order chi connectivity index (χ1) is 9.10. The Morgan fingerprint density at radius 2 is 2.32 bits per heavy atom. The predicted molar refractivity (Wildman–Crippen MR) is 74.6 cm³/mol. The second-order valence-electron chi connectivity index (χ2n) is 3.49. The van der Waals surface area contributed by atoms with Crippen LogP contribution in [0, 0.1) is 10.1 Å². The van der Waals surface area contributed by atoms with Crippen molar-refractivity contribution >= 4 is 38.2 Å². The number of hydrogen-bond acceptors (Lipinski definition) is 7. The molecular formula is C10H9BrN4O3S. The molecule has 7 nitrogen and oxygen atoms in total. The third-order valence-electron chi connectivity index (χ3n) is 2.23. The molecule has 2 rings (SSSR count). The average Bonchev–Trinajstić information content (AvgIpc) is 2.83. The SMILES string of the molecule is CNc1snnc1COc1cc(Br)cc([N+](=O)[O-])c1. The van der Waals surface area contributed by atoms with Gasteiger partial charge in [0.25, 0.3) is 5.69 Å². The normalized spacial score (nSPS) is 10.2. The molecule has 0 saturated carbocycles. The summed E-state index contributed by atoms with van der Waals surface area (Å²) >= 11 is 4.43. The van der Waals surface area contributed by atoms with Crippen LogP contribution in [0.4, 0.5) is 10.7 Å². The third kappa shape index (κ3) is 3.38. The molecule has 19 heavy (non-hydrogen) atoms. The van der Waals surface area contributed by atoms with Crippen molar-refractivity contribution in [2.75, 3.05) is 12.4 Å². The number of anilines is 1. The number of nitro benzene ring substituents is 1. The lowest BCUT2D eigenvalue weighted by molar-refractivity contribution is -0.385. The van der Waals surface area contributed by atoms with E-state index in [9.17, 15) is 10.1 Å². The minimum absolute atomic E-state index is 0.0328. The molecule has 0 amide bonds. The number of nitrogens with zero attached hydrogens (tertiary/aromatic N) is 3. The van der Waals surface area contributed by atoms with Crippen molar-refractivity contribution in [2.45, 2.75) is 6.61 Å². The Morgan fingerprint density at radius 3 is 3.00 bits per heavy atom. The molecule has 1 aromatic carbocycles. The Balaban J connectivity index is 2.13. The molecule has 0 aliphatic rings. The van der Waals surface area contributed by atoms with Crippen molar-refractivity contribution in [3.63, 3.8) is 0 Å². The summed E-state index contributed by atoms with van der Waals surface area (Å²) in [5.74, 6) is 0.399. The Morgan fingerprint density at radius 1 is 1.53 bits per heavy atom. The van der Waals surface area contributed by atoms with Crippen molar-refractivity contribution < 1.29 is 9.66 Å². The van der Waals surface area contributed by atoms with E-state index in [1.54, 1.807) is 13.1 Å². The highest BCUT2D eigenvalue weighted by molar-refractivity contribution is 9.10. The molecular weight excluding hydrogens is 336 g/mol. The van der Waals surface area contributed by atoms with Crippen LogP contribution in [0.5, 0.6) is 5.75 Å². The number of rotatable bonds is 5. The van der Waals surface area contributed by atoms with Gasteiger partial charge in [0, 0.05) is 29.1 Å². The number of aromatic nitrogens is 2. The van der Waals surface area contributed by atoms with Gasteiger partial charge in [0.15, 0.2) is 0 Å². The Bertz CT molecular complexity index is 604. The van der Waals surface area contributed by atoms with E-state index in [0.717, 1.165) is 5.00 Å². The zero-order chi connectivity index (χ0) is 13.8. The molecule has 0 radical (unpaired) electrons. The maximum absolute atomic E-state index is 10.7. The maximum Gasteiger partial charge on any atom is 0.274 e. The molecule has 1 aromatic heterocycles. The molecule has 0 unspecified atom stereocenters. The van der Waals surface area contributed by atoms with Crippen LogP contribution in [0.15, 0.2) is 22.7 Å². The summed E-state index contributed by atoms with van der Waals surface area (Å²) in [6.07, 6.45) is 0. The van der Waals surface area contributed by atoms with E-state index in [1.807, 2.05) is 0 Å². The second kappa shape index (κ2) is 5.93. The van der Waals surface area contributed by atoms with E-state index < -0.39 is 4.92 Å². The van der Waals surface area contributed by atoms with Gasteiger partial charge in [0.05, 0.1) is 11.0 Å². The van der Waals surface area contributed by atoms with Gasteiger partial charge in [-0.1, -0.05) is 20.4 Å². The second-order valence-corrected chi connectivity index (χ2v) is 5.16. The lowest BCUT2D eigenvalue weighted by Gasteiger charge is -2.05. The maximum atomic E-state index is 10.7. The van der Waals surface area contributed by atoms with Crippen molar-refractivity contribution in [3.8, 4) is 5.75 Å². The van der Waals surface area contributed by atoms with Gasteiger partial charge < -0.3 is 10.1 Å². The summed E-state index contributed by atoms with van der Waals surface area (Å²) in [5, 5.41) is 18.4. The highest BCUT2D eigenvalue weighted by Crippen LogP contribution is 2.27. The van der Waals surface area contributed by atoms with E-state index in [4.69, 9.17) is 4.74 Å². The summed E-state index contributed by atoms with van der Waals surface area (Å²) in [7, 11) is 1.77. The van der Waals surface area contributed by atoms with Crippen molar-refractivity contribution in [3.05, 3.63) is 38.5 Å². The van der Waals surface area contributed by atoms with Gasteiger partial charge >= 0.3 is 0 Å². The molecule has 0 aliphatic heterocycles. The van der Waals surface area contributed by atoms with Crippen LogP contribution in [0.3, 0.4) is 0 Å². The predicted octanol–water partition coefficient (Wildman–Crippen LogP) is 2.83. The monoisotopic (exact) mass is 344 g/mol. The number of halogens is 1. The molecule has 100 valence electrons. The Labute approximate surface area is 121 Å². The van der Waals surface area contributed by atoms with Gasteiger partial charge in [-0.15, -0.1) is 5.10 Å². The van der Waals surface area contributed by atoms with Crippen molar-refractivity contribution in [2.24, 2.45) is 0 Å². The molecule has 0 saturated heterocycles. The zero-order valence-electron chi connectivity index (χ0n) is 9.79. The minimum Gasteiger partial charge on any atom is -0.487 e. The summed E-state index contributed by atoms with van der Waals surface area (Å²) in [6, 6.07) is 4.44. The minimum atomic E-state index is -0.471. The lowest BCUT2D eigenvalue weighted by Crippen LogP contribution is -2.00. The fraction of sp³-hybridized carbons (Fsp3) is 0.200. The zero-order valence-corrected chi connectivity index (χ0v) is 12.2. The molecule has 9 heteroatoms. The molecule has 0 aliphatic carbocycles. The number of nitro groups is 1. The fourth-order valence-electron chi connectivity index (χ4n) is 1.38. The van der Waals surface area contributed by atoms with E-state index >= 15 is 0 Å². The molecule has 2 aromatic rings. The molecule has 1 heterocycles. The van der Waals surface area contributed by atoms with E-state index in [1.165, 1.54) is 23.7 Å². The quantitative estimate of drug-likeness (QED) is 0.662. The first-order valence-corrected chi connectivity index (χ1v) is 6.73. The van der Waals surface area contributed by atoms with Gasteiger partial charge in [-0.3, -0.25) is 10.1 Å². The molecule has 0 spiro atoms. The van der Waals surface area contributed by atoms with Crippen LogP contribution < -0.4 is 10.1 Å². The van der Waals surface area contributed by atoms with Gasteiger partial charge in [-0.2, -0.15) is 0 Å².